The summed E-state index contributed by atoms with van der Waals surface area (Å²) in [7, 11) is 0. The summed E-state index contributed by atoms with van der Waals surface area (Å²) in [4.78, 5) is 40.4. The third-order valence-electron chi connectivity index (χ3n) is 5.08. The summed E-state index contributed by atoms with van der Waals surface area (Å²) in [5.41, 5.74) is -0.379. The molecule has 7 nitrogen and oxygen atoms in total. The highest BCUT2D eigenvalue weighted by atomic mass is 16.6. The van der Waals surface area contributed by atoms with Gasteiger partial charge in [-0.1, -0.05) is 35.9 Å². The average Bonchev–Trinajstić information content (AvgIpc) is 2.90. The number of Topliss-reactive ketones (excluding diaryl/α,β-unsaturated/α-hetero) is 1. The van der Waals surface area contributed by atoms with Crippen LogP contribution in [0.2, 0.25) is 0 Å². The highest BCUT2D eigenvalue weighted by Crippen LogP contribution is 2.49. The van der Waals surface area contributed by atoms with Gasteiger partial charge < -0.3 is 14.6 Å². The fraction of sp³-hybridized carbons (Fsp3) is 0.261. The van der Waals surface area contributed by atoms with Gasteiger partial charge in [0, 0.05) is 5.56 Å². The van der Waals surface area contributed by atoms with Gasteiger partial charge in [-0.2, -0.15) is 0 Å². The highest BCUT2D eigenvalue weighted by Gasteiger charge is 2.67. The molecule has 4 rings (SSSR count). The number of aryl methyl sites for hydroxylation is 2. The van der Waals surface area contributed by atoms with E-state index >= 15 is 0 Å². The Bertz CT molecular complexity index is 1120. The molecule has 2 heterocycles. The van der Waals surface area contributed by atoms with Gasteiger partial charge in [-0.25, -0.2) is 4.79 Å². The van der Waals surface area contributed by atoms with E-state index in [0.29, 0.717) is 0 Å². The highest BCUT2D eigenvalue weighted by molar-refractivity contribution is 6.54. The van der Waals surface area contributed by atoms with Gasteiger partial charge in [-0.15, -0.1) is 0 Å². The number of aliphatic hydroxyl groups is 1. The lowest BCUT2D eigenvalue weighted by molar-refractivity contribution is -0.164. The smallest absolute Gasteiger partial charge is 0.371 e. The zero-order chi connectivity index (χ0) is 21.8. The van der Waals surface area contributed by atoms with Gasteiger partial charge in [0.25, 0.3) is 11.5 Å². The zero-order valence-electron chi connectivity index (χ0n) is 17.1. The van der Waals surface area contributed by atoms with Crippen molar-refractivity contribution in [3.05, 3.63) is 64.7 Å². The third-order valence-corrected chi connectivity index (χ3v) is 5.08. The van der Waals surface area contributed by atoms with E-state index in [1.807, 2.05) is 13.8 Å². The van der Waals surface area contributed by atoms with Crippen molar-refractivity contribution in [2.75, 3.05) is 4.90 Å². The van der Waals surface area contributed by atoms with E-state index in [9.17, 15) is 19.5 Å². The fourth-order valence-electron chi connectivity index (χ4n) is 3.77. The normalized spacial score (nSPS) is 22.2. The Kier molecular flexibility index (Phi) is 4.51. The Morgan fingerprint density at radius 3 is 2.30 bits per heavy atom. The van der Waals surface area contributed by atoms with Crippen LogP contribution in [-0.4, -0.2) is 34.6 Å². The molecule has 1 fully saturated rings. The third kappa shape index (κ3) is 2.74. The van der Waals surface area contributed by atoms with Gasteiger partial charge in [-0.3, -0.25) is 14.5 Å². The monoisotopic (exact) mass is 407 g/mol. The van der Waals surface area contributed by atoms with Crippen LogP contribution in [0.1, 0.15) is 30.5 Å². The molecule has 0 radical (unpaired) electrons. The molecule has 1 amide bonds. The van der Waals surface area contributed by atoms with E-state index in [4.69, 9.17) is 9.47 Å². The summed E-state index contributed by atoms with van der Waals surface area (Å²) < 4.78 is 11.4. The Morgan fingerprint density at radius 2 is 1.67 bits per heavy atom. The zero-order valence-corrected chi connectivity index (χ0v) is 17.1. The van der Waals surface area contributed by atoms with Crippen LogP contribution >= 0.6 is 0 Å². The first-order chi connectivity index (χ1) is 14.2. The number of hydrogen-bond acceptors (Lipinski definition) is 6. The minimum atomic E-state index is -2.21. The molecule has 2 aromatic rings. The number of carbonyl (C=O) groups is 3. The molecule has 30 heavy (non-hydrogen) atoms. The van der Waals surface area contributed by atoms with Crippen molar-refractivity contribution in [3.8, 4) is 5.75 Å². The van der Waals surface area contributed by atoms with Crippen molar-refractivity contribution >= 4 is 29.1 Å². The molecule has 2 aliphatic heterocycles. The Morgan fingerprint density at radius 1 is 1.03 bits per heavy atom. The SMILES string of the molecule is Cc1ccc(/C(O)=C2\C(=O)C(=O)N3c4ccc(C)cc4OC(=O)C23OC(C)C)cc1. The molecule has 1 N–H and O–H groups in total. The van der Waals surface area contributed by atoms with E-state index in [2.05, 4.69) is 0 Å². The first-order valence-electron chi connectivity index (χ1n) is 9.57. The van der Waals surface area contributed by atoms with Crippen molar-refractivity contribution in [3.63, 3.8) is 0 Å². The van der Waals surface area contributed by atoms with Crippen LogP contribution in [0.4, 0.5) is 5.69 Å². The number of fused-ring (bicyclic) bond motifs is 3. The van der Waals surface area contributed by atoms with Crippen LogP contribution in [0.25, 0.3) is 5.76 Å². The maximum Gasteiger partial charge on any atom is 0.371 e. The van der Waals surface area contributed by atoms with Crippen LogP contribution in [-0.2, 0) is 19.1 Å². The van der Waals surface area contributed by atoms with Crippen LogP contribution in [0.5, 0.6) is 5.75 Å². The predicted molar refractivity (Wildman–Crippen MR) is 109 cm³/mol. The molecule has 0 spiro atoms. The van der Waals surface area contributed by atoms with Gasteiger partial charge >= 0.3 is 11.9 Å². The van der Waals surface area contributed by atoms with Crippen molar-refractivity contribution in [2.24, 2.45) is 0 Å². The van der Waals surface area contributed by atoms with Crippen molar-refractivity contribution in [1.29, 1.82) is 0 Å². The standard InChI is InChI=1S/C23H21NO6/c1-12(2)30-23-18(19(25)15-8-5-13(3)6-9-15)20(26)21(27)24(23)16-10-7-14(4)11-17(16)29-22(23)28/h5-12,25H,1-4H3/b19-18-. The molecule has 0 aliphatic carbocycles. The lowest BCUT2D eigenvalue weighted by Gasteiger charge is -2.40. The molecule has 154 valence electrons. The summed E-state index contributed by atoms with van der Waals surface area (Å²) >= 11 is 0. The van der Waals surface area contributed by atoms with Crippen molar-refractivity contribution in [1.82, 2.24) is 0 Å². The number of anilines is 1. The van der Waals surface area contributed by atoms with Gasteiger partial charge in [0.1, 0.15) is 11.3 Å². The summed E-state index contributed by atoms with van der Waals surface area (Å²) in [6, 6.07) is 11.6. The van der Waals surface area contributed by atoms with Crippen LogP contribution in [0, 0.1) is 13.8 Å². The average molecular weight is 407 g/mol. The number of amides is 1. The van der Waals surface area contributed by atoms with E-state index in [-0.39, 0.29) is 17.0 Å². The van der Waals surface area contributed by atoms with Crippen molar-refractivity contribution in [2.45, 2.75) is 39.5 Å². The minimum absolute atomic E-state index is 0.153. The first kappa shape index (κ1) is 19.8. The molecule has 0 aromatic heterocycles. The van der Waals surface area contributed by atoms with Gasteiger partial charge in [0.05, 0.1) is 11.8 Å². The van der Waals surface area contributed by atoms with Crippen LogP contribution in [0.15, 0.2) is 48.0 Å². The molecular weight excluding hydrogens is 386 g/mol. The van der Waals surface area contributed by atoms with Gasteiger partial charge in [0.15, 0.2) is 5.75 Å². The number of ketones is 1. The maximum atomic E-state index is 13.3. The second kappa shape index (κ2) is 6.81. The lowest BCUT2D eigenvalue weighted by atomic mass is 9.95. The number of benzene rings is 2. The van der Waals surface area contributed by atoms with E-state index in [0.717, 1.165) is 16.0 Å². The topological polar surface area (TPSA) is 93.1 Å². The molecule has 1 atom stereocenters. The first-order valence-corrected chi connectivity index (χ1v) is 9.57. The summed E-state index contributed by atoms with van der Waals surface area (Å²) in [5, 5.41) is 11.0. The number of carbonyl (C=O) groups excluding carboxylic acids is 3. The summed E-state index contributed by atoms with van der Waals surface area (Å²) in [6.07, 6.45) is -0.563. The maximum absolute atomic E-state index is 13.3. The molecule has 2 aliphatic rings. The molecule has 2 aromatic carbocycles. The number of ether oxygens (including phenoxy) is 2. The molecule has 7 heteroatoms. The van der Waals surface area contributed by atoms with Crippen LogP contribution in [0.3, 0.4) is 0 Å². The fourth-order valence-corrected chi connectivity index (χ4v) is 3.77. The quantitative estimate of drug-likeness (QED) is 0.276. The lowest BCUT2D eigenvalue weighted by Crippen LogP contribution is -2.60. The van der Waals surface area contributed by atoms with Crippen molar-refractivity contribution < 1.29 is 29.0 Å². The molecular formula is C23H21NO6. The Hall–Kier alpha value is -3.45. The molecule has 0 saturated carbocycles. The van der Waals surface area contributed by atoms with E-state index in [1.165, 1.54) is 0 Å². The summed E-state index contributed by atoms with van der Waals surface area (Å²) in [5.74, 6) is -3.28. The summed E-state index contributed by atoms with van der Waals surface area (Å²) in [6.45, 7) is 7.02. The van der Waals surface area contributed by atoms with Gasteiger partial charge in [-0.05, 0) is 45.4 Å². The second-order valence-corrected chi connectivity index (χ2v) is 7.73. The van der Waals surface area contributed by atoms with Crippen LogP contribution < -0.4 is 9.64 Å². The largest absolute Gasteiger partial charge is 0.507 e. The number of hydrogen-bond donors (Lipinski definition) is 1. The number of rotatable bonds is 3. The van der Waals surface area contributed by atoms with Gasteiger partial charge in [0.2, 0.25) is 0 Å². The number of nitrogens with zero attached hydrogens (tertiary/aromatic N) is 1. The Balaban J connectivity index is 2.03. The van der Waals surface area contributed by atoms with E-state index < -0.39 is 40.8 Å². The molecule has 1 saturated heterocycles. The second-order valence-electron chi connectivity index (χ2n) is 7.73. The van der Waals surface area contributed by atoms with E-state index in [1.54, 1.807) is 56.3 Å². The predicted octanol–water partition coefficient (Wildman–Crippen LogP) is 3.23. The number of esters is 1. The molecule has 0 bridgehead atoms. The number of aliphatic hydroxyl groups excluding tert-OH is 1. The minimum Gasteiger partial charge on any atom is -0.507 e. The molecule has 1 unspecified atom stereocenters. The Labute approximate surface area is 173 Å².